The van der Waals surface area contributed by atoms with Gasteiger partial charge in [0.2, 0.25) is 6.10 Å². The molecule has 1 aromatic heterocycles. The summed E-state index contributed by atoms with van der Waals surface area (Å²) < 4.78 is 5.43. The number of carbonyl (C=O) groups is 3. The van der Waals surface area contributed by atoms with Gasteiger partial charge in [0.05, 0.1) is 5.56 Å². The first kappa shape index (κ1) is 18.7. The largest absolute Gasteiger partial charge is 0.444 e. The summed E-state index contributed by atoms with van der Waals surface area (Å²) in [7, 11) is 0. The van der Waals surface area contributed by atoms with E-state index in [1.54, 1.807) is 43.3 Å². The summed E-state index contributed by atoms with van der Waals surface area (Å²) in [6, 6.07) is 9.68. The molecule has 0 saturated carbocycles. The highest BCUT2D eigenvalue weighted by Gasteiger charge is 2.28. The van der Waals surface area contributed by atoms with E-state index in [9.17, 15) is 14.4 Å². The normalized spacial score (nSPS) is 11.5. The van der Waals surface area contributed by atoms with E-state index in [-0.39, 0.29) is 0 Å². The smallest absolute Gasteiger partial charge is 0.340 e. The zero-order valence-electron chi connectivity index (χ0n) is 14.3. The monoisotopic (exact) mass is 360 g/mol. The van der Waals surface area contributed by atoms with Gasteiger partial charge in [-0.2, -0.15) is 0 Å². The maximum atomic E-state index is 12.5. The maximum absolute atomic E-state index is 12.5. The first-order valence-electron chi connectivity index (χ1n) is 7.84. The third-order valence-corrected chi connectivity index (χ3v) is 4.37. The van der Waals surface area contributed by atoms with Crippen molar-refractivity contribution in [2.24, 2.45) is 0 Å². The van der Waals surface area contributed by atoms with Crippen LogP contribution in [-0.2, 0) is 9.53 Å². The molecule has 0 spiro atoms. The van der Waals surface area contributed by atoms with Crippen molar-refractivity contribution in [2.75, 3.05) is 6.54 Å². The number of aryl methyl sites for hydroxylation is 2. The van der Waals surface area contributed by atoms with E-state index in [4.69, 9.17) is 4.74 Å². The van der Waals surface area contributed by atoms with Crippen molar-refractivity contribution in [1.29, 1.82) is 0 Å². The van der Waals surface area contributed by atoms with Crippen molar-refractivity contribution in [3.05, 3.63) is 57.3 Å². The van der Waals surface area contributed by atoms with E-state index in [1.807, 2.05) is 13.8 Å². The first-order valence-corrected chi connectivity index (χ1v) is 8.65. The molecule has 1 atom stereocenters. The second-order valence-corrected chi connectivity index (χ2v) is 6.83. The minimum atomic E-state index is -1.21. The molecule has 0 fully saturated rings. The summed E-state index contributed by atoms with van der Waals surface area (Å²) in [5, 5.41) is 4.66. The molecule has 1 heterocycles. The SMILES string of the molecule is CCNC(=O)NC(=O)[C@H](OC(=O)c1cc(C)sc1C)c1ccccc1. The number of benzene rings is 1. The van der Waals surface area contributed by atoms with Crippen LogP contribution in [0.25, 0.3) is 0 Å². The van der Waals surface area contributed by atoms with Crippen LogP contribution >= 0.6 is 11.3 Å². The molecule has 1 aromatic carbocycles. The van der Waals surface area contributed by atoms with Crippen molar-refractivity contribution < 1.29 is 19.1 Å². The highest BCUT2D eigenvalue weighted by Crippen LogP contribution is 2.25. The number of carbonyl (C=O) groups excluding carboxylic acids is 3. The number of thiophene rings is 1. The van der Waals surface area contributed by atoms with Gasteiger partial charge in [-0.3, -0.25) is 10.1 Å². The van der Waals surface area contributed by atoms with E-state index in [0.29, 0.717) is 17.7 Å². The van der Waals surface area contributed by atoms with Crippen LogP contribution in [0.4, 0.5) is 4.79 Å². The fraction of sp³-hybridized carbons (Fsp3) is 0.278. The third kappa shape index (κ3) is 4.90. The summed E-state index contributed by atoms with van der Waals surface area (Å²) in [5.41, 5.74) is 0.913. The molecule has 0 bridgehead atoms. The molecule has 7 heteroatoms. The number of ether oxygens (including phenoxy) is 1. The Morgan fingerprint density at radius 2 is 1.84 bits per heavy atom. The average molecular weight is 360 g/mol. The zero-order valence-corrected chi connectivity index (χ0v) is 15.1. The van der Waals surface area contributed by atoms with Crippen LogP contribution in [-0.4, -0.2) is 24.5 Å². The van der Waals surface area contributed by atoms with Crippen molar-refractivity contribution >= 4 is 29.2 Å². The minimum absolute atomic E-state index is 0.377. The Labute approximate surface area is 150 Å². The van der Waals surface area contributed by atoms with Gasteiger partial charge < -0.3 is 10.1 Å². The molecule has 3 amide bonds. The van der Waals surface area contributed by atoms with Crippen LogP contribution < -0.4 is 10.6 Å². The average Bonchev–Trinajstić information content (AvgIpc) is 2.91. The second kappa shape index (κ2) is 8.43. The summed E-state index contributed by atoms with van der Waals surface area (Å²) in [6.45, 7) is 5.83. The summed E-state index contributed by atoms with van der Waals surface area (Å²) in [6.07, 6.45) is -1.21. The topological polar surface area (TPSA) is 84.5 Å². The van der Waals surface area contributed by atoms with Crippen LogP contribution in [0.1, 0.15) is 38.7 Å². The lowest BCUT2D eigenvalue weighted by Crippen LogP contribution is -2.42. The van der Waals surface area contributed by atoms with Gasteiger partial charge in [-0.05, 0) is 26.8 Å². The molecule has 6 nitrogen and oxygen atoms in total. The molecule has 25 heavy (non-hydrogen) atoms. The molecular weight excluding hydrogens is 340 g/mol. The Morgan fingerprint density at radius 1 is 1.16 bits per heavy atom. The third-order valence-electron chi connectivity index (χ3n) is 3.40. The molecule has 0 aliphatic rings. The van der Waals surface area contributed by atoms with Gasteiger partial charge in [0.15, 0.2) is 0 Å². The Bertz CT molecular complexity index is 771. The second-order valence-electron chi connectivity index (χ2n) is 5.37. The Morgan fingerprint density at radius 3 is 2.40 bits per heavy atom. The molecule has 132 valence electrons. The van der Waals surface area contributed by atoms with Crippen molar-refractivity contribution in [2.45, 2.75) is 26.9 Å². The molecule has 0 radical (unpaired) electrons. The van der Waals surface area contributed by atoms with E-state index < -0.39 is 24.0 Å². The van der Waals surface area contributed by atoms with E-state index >= 15 is 0 Å². The maximum Gasteiger partial charge on any atom is 0.340 e. The van der Waals surface area contributed by atoms with Gasteiger partial charge >= 0.3 is 12.0 Å². The van der Waals surface area contributed by atoms with Crippen LogP contribution in [0, 0.1) is 13.8 Å². The standard InChI is InChI=1S/C18H20N2O4S/c1-4-19-18(23)20-16(21)15(13-8-6-5-7-9-13)24-17(22)14-10-11(2)25-12(14)3/h5-10,15H,4H2,1-3H3,(H2,19,20,21,23)/t15-/m1/s1. The number of hydrogen-bond acceptors (Lipinski definition) is 5. The van der Waals surface area contributed by atoms with Crippen LogP contribution in [0.5, 0.6) is 0 Å². The summed E-state index contributed by atoms with van der Waals surface area (Å²) in [5.74, 6) is -1.29. The highest BCUT2D eigenvalue weighted by molar-refractivity contribution is 7.12. The van der Waals surface area contributed by atoms with E-state index in [1.165, 1.54) is 11.3 Å². The lowest BCUT2D eigenvalue weighted by atomic mass is 10.1. The van der Waals surface area contributed by atoms with Crippen LogP contribution in [0.3, 0.4) is 0 Å². The van der Waals surface area contributed by atoms with Gasteiger partial charge in [0.25, 0.3) is 5.91 Å². The van der Waals surface area contributed by atoms with Crippen molar-refractivity contribution in [3.8, 4) is 0 Å². The predicted octanol–water partition coefficient (Wildman–Crippen LogP) is 3.11. The van der Waals surface area contributed by atoms with Gasteiger partial charge in [-0.15, -0.1) is 11.3 Å². The molecule has 2 rings (SSSR count). The lowest BCUT2D eigenvalue weighted by molar-refractivity contribution is -0.129. The number of rotatable bonds is 5. The molecule has 2 aromatic rings. The van der Waals surface area contributed by atoms with Crippen molar-refractivity contribution in [1.82, 2.24) is 10.6 Å². The number of amides is 3. The minimum Gasteiger partial charge on any atom is -0.444 e. The number of esters is 1. The van der Waals surface area contributed by atoms with E-state index in [2.05, 4.69) is 10.6 Å². The van der Waals surface area contributed by atoms with Gasteiger partial charge in [-0.1, -0.05) is 30.3 Å². The Balaban J connectivity index is 2.23. The summed E-state index contributed by atoms with van der Waals surface area (Å²) >= 11 is 1.48. The van der Waals surface area contributed by atoms with Gasteiger partial charge in [0, 0.05) is 21.9 Å². The number of imide groups is 1. The zero-order chi connectivity index (χ0) is 18.4. The molecule has 2 N–H and O–H groups in total. The molecular formula is C18H20N2O4S. The number of urea groups is 1. The van der Waals surface area contributed by atoms with Crippen molar-refractivity contribution in [3.63, 3.8) is 0 Å². The number of hydrogen-bond donors (Lipinski definition) is 2. The highest BCUT2D eigenvalue weighted by atomic mass is 32.1. The fourth-order valence-electron chi connectivity index (χ4n) is 2.29. The quantitative estimate of drug-likeness (QED) is 0.803. The fourth-order valence-corrected chi connectivity index (χ4v) is 3.20. The molecule has 0 aliphatic carbocycles. The van der Waals surface area contributed by atoms with Crippen LogP contribution in [0.2, 0.25) is 0 Å². The Kier molecular flexibility index (Phi) is 6.30. The Hall–Kier alpha value is -2.67. The van der Waals surface area contributed by atoms with Crippen LogP contribution in [0.15, 0.2) is 36.4 Å². The van der Waals surface area contributed by atoms with Gasteiger partial charge in [0.1, 0.15) is 0 Å². The molecule has 0 aliphatic heterocycles. The lowest BCUT2D eigenvalue weighted by Gasteiger charge is -2.17. The van der Waals surface area contributed by atoms with E-state index in [0.717, 1.165) is 9.75 Å². The van der Waals surface area contributed by atoms with Gasteiger partial charge in [-0.25, -0.2) is 9.59 Å². The first-order chi connectivity index (χ1) is 11.9. The number of nitrogens with one attached hydrogen (secondary N) is 2. The molecule has 0 saturated heterocycles. The molecule has 0 unspecified atom stereocenters. The summed E-state index contributed by atoms with van der Waals surface area (Å²) in [4.78, 5) is 38.3. The predicted molar refractivity (Wildman–Crippen MR) is 95.6 cm³/mol.